The minimum atomic E-state index is -0.549. The molecule has 0 aliphatic heterocycles. The van der Waals surface area contributed by atoms with Crippen LogP contribution in [0.3, 0.4) is 0 Å². The summed E-state index contributed by atoms with van der Waals surface area (Å²) in [6.07, 6.45) is 5.54. The molecule has 0 radical (unpaired) electrons. The Morgan fingerprint density at radius 2 is 2.10 bits per heavy atom. The first kappa shape index (κ1) is 18.3. The van der Waals surface area contributed by atoms with Gasteiger partial charge >= 0.3 is 0 Å². The van der Waals surface area contributed by atoms with Gasteiger partial charge in [-0.05, 0) is 32.4 Å². The molecular weight excluding hydrogens is 255 g/mol. The number of methoxy groups -OCH3 is 1. The van der Waals surface area contributed by atoms with Crippen molar-refractivity contribution in [3.05, 3.63) is 48.1 Å². The smallest absolute Gasteiger partial charge is 0.124 e. The highest BCUT2D eigenvalue weighted by Gasteiger charge is 2.16. The number of rotatable bonds is 9. The number of hydrogen-bond donors (Lipinski definition) is 1. The molecule has 0 aliphatic rings. The molecule has 0 saturated heterocycles. The average molecular weight is 280 g/mol. The lowest BCUT2D eigenvalue weighted by Gasteiger charge is -2.18. The van der Waals surface area contributed by atoms with Crippen LogP contribution in [0.15, 0.2) is 53.1 Å². The number of nitrogens with zero attached hydrogens (tertiary/aromatic N) is 1. The fraction of sp³-hybridized carbons (Fsp3) is 0.438. The number of nitrogens with one attached hydrogen (secondary N) is 1. The molecule has 0 fully saturated rings. The van der Waals surface area contributed by atoms with E-state index in [1.807, 2.05) is 32.9 Å². The molecular formula is C16H25FN2O. The first-order chi connectivity index (χ1) is 9.47. The van der Waals surface area contributed by atoms with E-state index in [2.05, 4.69) is 23.5 Å². The molecule has 0 rings (SSSR count). The van der Waals surface area contributed by atoms with Gasteiger partial charge in [0.2, 0.25) is 0 Å². The molecule has 1 unspecified atom stereocenters. The quantitative estimate of drug-likeness (QED) is 0.513. The van der Waals surface area contributed by atoms with Crippen molar-refractivity contribution in [2.24, 2.45) is 4.99 Å². The van der Waals surface area contributed by atoms with Crippen LogP contribution in [0, 0.1) is 0 Å². The van der Waals surface area contributed by atoms with Crippen molar-refractivity contribution in [1.29, 1.82) is 0 Å². The van der Waals surface area contributed by atoms with Gasteiger partial charge in [0.05, 0.1) is 6.10 Å². The van der Waals surface area contributed by atoms with E-state index >= 15 is 0 Å². The Labute approximate surface area is 121 Å². The molecule has 1 atom stereocenters. The monoisotopic (exact) mass is 280 g/mol. The van der Waals surface area contributed by atoms with Crippen molar-refractivity contribution < 1.29 is 9.13 Å². The minimum absolute atomic E-state index is 0.264. The van der Waals surface area contributed by atoms with Gasteiger partial charge in [0.15, 0.2) is 0 Å². The van der Waals surface area contributed by atoms with Crippen LogP contribution in [0.5, 0.6) is 0 Å². The molecule has 4 heteroatoms. The highest BCUT2D eigenvalue weighted by atomic mass is 19.1. The van der Waals surface area contributed by atoms with Crippen LogP contribution >= 0.6 is 0 Å². The van der Waals surface area contributed by atoms with Crippen molar-refractivity contribution in [3.8, 4) is 0 Å². The molecule has 0 heterocycles. The minimum Gasteiger partial charge on any atom is -0.376 e. The number of allylic oxidation sites excluding steroid dienone is 2. The first-order valence-corrected chi connectivity index (χ1v) is 6.63. The summed E-state index contributed by atoms with van der Waals surface area (Å²) in [5.41, 5.74) is 1.24. The Hall–Kier alpha value is -1.68. The molecule has 3 nitrogen and oxygen atoms in total. The maximum Gasteiger partial charge on any atom is 0.124 e. The zero-order valence-electron chi connectivity index (χ0n) is 12.9. The zero-order valence-corrected chi connectivity index (χ0v) is 12.9. The van der Waals surface area contributed by atoms with Crippen LogP contribution < -0.4 is 5.32 Å². The van der Waals surface area contributed by atoms with Crippen LogP contribution in [0.1, 0.15) is 27.2 Å². The second-order valence-electron chi connectivity index (χ2n) is 4.32. The standard InChI is InChI=1S/C16H25FN2O/c1-7-9-10-19-16(18-8-2)12(3)11-15(20-6)13(4)14(5)17/h7,9-10,15,18H,4-5,8,11H2,1-3,6H3/b9-7-,16-12+,19-10-. The highest BCUT2D eigenvalue weighted by molar-refractivity contribution is 5.71. The second kappa shape index (κ2) is 10.1. The van der Waals surface area contributed by atoms with Crippen LogP contribution in [-0.4, -0.2) is 26.0 Å². The molecule has 0 amide bonds. The van der Waals surface area contributed by atoms with Crippen LogP contribution in [0.4, 0.5) is 4.39 Å². The van der Waals surface area contributed by atoms with E-state index < -0.39 is 11.9 Å². The fourth-order valence-corrected chi connectivity index (χ4v) is 1.58. The van der Waals surface area contributed by atoms with Crippen LogP contribution in [0.2, 0.25) is 0 Å². The van der Waals surface area contributed by atoms with Crippen molar-refractivity contribution in [2.45, 2.75) is 33.3 Å². The Balaban J connectivity index is 5.09. The van der Waals surface area contributed by atoms with Gasteiger partial charge in [-0.25, -0.2) is 9.38 Å². The van der Waals surface area contributed by atoms with E-state index in [9.17, 15) is 4.39 Å². The Morgan fingerprint density at radius 3 is 2.55 bits per heavy atom. The van der Waals surface area contributed by atoms with Gasteiger partial charge < -0.3 is 10.1 Å². The van der Waals surface area contributed by atoms with Crippen molar-refractivity contribution in [3.63, 3.8) is 0 Å². The third-order valence-electron chi connectivity index (χ3n) is 2.74. The summed E-state index contributed by atoms with van der Waals surface area (Å²) in [6, 6.07) is 0. The molecule has 0 aliphatic carbocycles. The van der Waals surface area contributed by atoms with Crippen molar-refractivity contribution >= 4 is 6.21 Å². The van der Waals surface area contributed by atoms with Gasteiger partial charge in [-0.2, -0.15) is 0 Å². The Bertz CT molecular complexity index is 422. The Morgan fingerprint density at radius 1 is 1.45 bits per heavy atom. The van der Waals surface area contributed by atoms with Gasteiger partial charge in [-0.1, -0.05) is 19.2 Å². The third kappa shape index (κ3) is 6.48. The van der Waals surface area contributed by atoms with Gasteiger partial charge in [0, 0.05) is 31.9 Å². The molecule has 1 N–H and O–H groups in total. The van der Waals surface area contributed by atoms with E-state index in [-0.39, 0.29) is 5.57 Å². The number of hydrogen-bond acceptors (Lipinski definition) is 3. The summed E-state index contributed by atoms with van der Waals surface area (Å²) in [5.74, 6) is 0.219. The molecule has 112 valence electrons. The summed E-state index contributed by atoms with van der Waals surface area (Å²) in [5, 5.41) is 3.19. The van der Waals surface area contributed by atoms with Gasteiger partial charge in [-0.3, -0.25) is 0 Å². The summed E-state index contributed by atoms with van der Waals surface area (Å²) in [6.45, 7) is 13.5. The van der Waals surface area contributed by atoms with Gasteiger partial charge in [0.25, 0.3) is 0 Å². The molecule has 20 heavy (non-hydrogen) atoms. The van der Waals surface area contributed by atoms with E-state index in [1.165, 1.54) is 7.11 Å². The maximum atomic E-state index is 13.1. The highest BCUT2D eigenvalue weighted by Crippen LogP contribution is 2.21. The average Bonchev–Trinajstić information content (AvgIpc) is 2.42. The normalized spacial score (nSPS) is 14.4. The van der Waals surface area contributed by atoms with Crippen molar-refractivity contribution in [1.82, 2.24) is 5.32 Å². The van der Waals surface area contributed by atoms with Crippen LogP contribution in [0.25, 0.3) is 0 Å². The lowest BCUT2D eigenvalue weighted by Crippen LogP contribution is -2.18. The fourth-order valence-electron chi connectivity index (χ4n) is 1.58. The summed E-state index contributed by atoms with van der Waals surface area (Å²) < 4.78 is 18.4. The predicted octanol–water partition coefficient (Wildman–Crippen LogP) is 3.92. The lowest BCUT2D eigenvalue weighted by atomic mass is 10.0. The van der Waals surface area contributed by atoms with E-state index in [1.54, 1.807) is 6.21 Å². The van der Waals surface area contributed by atoms with E-state index in [4.69, 9.17) is 4.74 Å². The Kier molecular flexibility index (Phi) is 9.30. The first-order valence-electron chi connectivity index (χ1n) is 6.63. The lowest BCUT2D eigenvalue weighted by molar-refractivity contribution is 0.131. The largest absolute Gasteiger partial charge is 0.376 e. The molecule has 0 bridgehead atoms. The number of ether oxygens (including phenoxy) is 1. The molecule has 0 spiro atoms. The molecule has 0 aromatic rings. The van der Waals surface area contributed by atoms with E-state index in [0.717, 1.165) is 17.9 Å². The van der Waals surface area contributed by atoms with Crippen LogP contribution in [-0.2, 0) is 4.74 Å². The number of halogens is 1. The maximum absolute atomic E-state index is 13.1. The van der Waals surface area contributed by atoms with Crippen molar-refractivity contribution in [2.75, 3.05) is 13.7 Å². The second-order valence-corrected chi connectivity index (χ2v) is 4.32. The van der Waals surface area contributed by atoms with Gasteiger partial charge in [0.1, 0.15) is 11.6 Å². The summed E-state index contributed by atoms with van der Waals surface area (Å²) in [4.78, 5) is 4.35. The zero-order chi connectivity index (χ0) is 15.5. The summed E-state index contributed by atoms with van der Waals surface area (Å²) >= 11 is 0. The topological polar surface area (TPSA) is 33.6 Å². The number of aliphatic imine (C=N–C) groups is 1. The van der Waals surface area contributed by atoms with Gasteiger partial charge in [-0.15, -0.1) is 0 Å². The SMILES string of the molecule is C=C(F)C(=C)C(C/C(C)=C(/N=C\C=C/C)NCC)OC. The third-order valence-corrected chi connectivity index (χ3v) is 2.74. The molecule has 0 aromatic heterocycles. The predicted molar refractivity (Wildman–Crippen MR) is 84.5 cm³/mol. The summed E-state index contributed by atoms with van der Waals surface area (Å²) in [7, 11) is 1.53. The molecule has 0 saturated carbocycles. The molecule has 0 aromatic carbocycles. The van der Waals surface area contributed by atoms with E-state index in [0.29, 0.717) is 6.42 Å².